The average Bonchev–Trinajstić information content (AvgIpc) is 2.64. The Morgan fingerprint density at radius 3 is 2.65 bits per heavy atom. The summed E-state index contributed by atoms with van der Waals surface area (Å²) in [6.07, 6.45) is 0.382. The Labute approximate surface area is 115 Å². The minimum Gasteiger partial charge on any atom is -0.355 e. The summed E-state index contributed by atoms with van der Waals surface area (Å²) in [7, 11) is 0. The molecule has 7 nitrogen and oxygen atoms in total. The van der Waals surface area contributed by atoms with Gasteiger partial charge >= 0.3 is 0 Å². The van der Waals surface area contributed by atoms with Crippen LogP contribution in [0.25, 0.3) is 0 Å². The summed E-state index contributed by atoms with van der Waals surface area (Å²) in [5, 5.41) is 13.3. The van der Waals surface area contributed by atoms with Crippen LogP contribution >= 0.6 is 0 Å². The Balaban J connectivity index is 1.97. The molecule has 20 heavy (non-hydrogen) atoms. The number of nitrogens with zero attached hydrogens (tertiary/aromatic N) is 2. The van der Waals surface area contributed by atoms with Crippen molar-refractivity contribution in [1.29, 1.82) is 0 Å². The van der Waals surface area contributed by atoms with Crippen molar-refractivity contribution in [3.05, 3.63) is 39.9 Å². The molecule has 2 rings (SSSR count). The first-order valence-electron chi connectivity index (χ1n) is 6.33. The van der Waals surface area contributed by atoms with Gasteiger partial charge in [-0.05, 0) is 12.1 Å². The maximum Gasteiger partial charge on any atom is 0.269 e. The Bertz CT molecular complexity index is 527. The van der Waals surface area contributed by atoms with Crippen LogP contribution in [0.5, 0.6) is 0 Å². The Kier molecular flexibility index (Phi) is 4.41. The monoisotopic (exact) mass is 277 g/mol. The van der Waals surface area contributed by atoms with Crippen molar-refractivity contribution < 1.29 is 14.5 Å². The molecule has 0 aromatic heterocycles. The lowest BCUT2D eigenvalue weighted by Crippen LogP contribution is -2.33. The zero-order valence-electron chi connectivity index (χ0n) is 10.9. The molecule has 0 unspecified atom stereocenters. The molecular formula is C13H15N3O4. The maximum absolute atomic E-state index is 12.1. The van der Waals surface area contributed by atoms with E-state index in [0.29, 0.717) is 31.6 Å². The van der Waals surface area contributed by atoms with Gasteiger partial charge in [0.05, 0.1) is 11.5 Å². The maximum atomic E-state index is 12.1. The number of Topliss-reactive ketones (excluding diaryl/α,β-unsaturated/α-hetero) is 1. The van der Waals surface area contributed by atoms with Gasteiger partial charge in [-0.25, -0.2) is 0 Å². The van der Waals surface area contributed by atoms with E-state index < -0.39 is 4.92 Å². The minimum absolute atomic E-state index is 0.00437. The topological polar surface area (TPSA) is 92.5 Å². The van der Waals surface area contributed by atoms with Crippen LogP contribution in [0.1, 0.15) is 16.8 Å². The number of rotatable bonds is 4. The van der Waals surface area contributed by atoms with Gasteiger partial charge in [0.25, 0.3) is 5.69 Å². The first-order chi connectivity index (χ1) is 9.56. The molecule has 106 valence electrons. The zero-order valence-corrected chi connectivity index (χ0v) is 10.9. The fourth-order valence-corrected chi connectivity index (χ4v) is 2.03. The highest BCUT2D eigenvalue weighted by Gasteiger charge is 2.17. The van der Waals surface area contributed by atoms with Gasteiger partial charge in [-0.2, -0.15) is 0 Å². The van der Waals surface area contributed by atoms with Gasteiger partial charge in [-0.15, -0.1) is 0 Å². The number of carbonyl (C=O) groups is 2. The van der Waals surface area contributed by atoms with E-state index in [0.717, 1.165) is 0 Å². The van der Waals surface area contributed by atoms with Gasteiger partial charge < -0.3 is 5.32 Å². The van der Waals surface area contributed by atoms with Crippen LogP contribution < -0.4 is 5.32 Å². The SMILES string of the molecule is O=C1CCN(CC(=O)c2ccc([N+](=O)[O-])cc2)CCN1. The molecule has 1 aliphatic heterocycles. The van der Waals surface area contributed by atoms with E-state index >= 15 is 0 Å². The van der Waals surface area contributed by atoms with Crippen molar-refractivity contribution in [1.82, 2.24) is 10.2 Å². The van der Waals surface area contributed by atoms with Crippen molar-refractivity contribution in [3.63, 3.8) is 0 Å². The van der Waals surface area contributed by atoms with Crippen LogP contribution in [-0.4, -0.2) is 47.7 Å². The van der Waals surface area contributed by atoms with Gasteiger partial charge in [-0.1, -0.05) is 0 Å². The summed E-state index contributed by atoms with van der Waals surface area (Å²) >= 11 is 0. The predicted molar refractivity (Wildman–Crippen MR) is 71.5 cm³/mol. The van der Waals surface area contributed by atoms with Crippen molar-refractivity contribution in [3.8, 4) is 0 Å². The number of nitro benzene ring substituents is 1. The third-order valence-electron chi connectivity index (χ3n) is 3.17. The molecule has 7 heteroatoms. The second-order valence-corrected chi connectivity index (χ2v) is 4.60. The lowest BCUT2D eigenvalue weighted by molar-refractivity contribution is -0.384. The largest absolute Gasteiger partial charge is 0.355 e. The van der Waals surface area contributed by atoms with Crippen molar-refractivity contribution in [2.24, 2.45) is 0 Å². The van der Waals surface area contributed by atoms with E-state index in [2.05, 4.69) is 5.32 Å². The number of hydrogen-bond donors (Lipinski definition) is 1. The van der Waals surface area contributed by atoms with Crippen LogP contribution in [0.15, 0.2) is 24.3 Å². The standard InChI is InChI=1S/C13H15N3O4/c17-12(9-15-7-5-13(18)14-6-8-15)10-1-3-11(4-2-10)16(19)20/h1-4H,5-9H2,(H,14,18). The third-order valence-corrected chi connectivity index (χ3v) is 3.17. The lowest BCUT2D eigenvalue weighted by Gasteiger charge is -2.17. The minimum atomic E-state index is -0.500. The van der Waals surface area contributed by atoms with E-state index in [-0.39, 0.29) is 23.9 Å². The second kappa shape index (κ2) is 6.25. The van der Waals surface area contributed by atoms with Crippen LogP contribution in [0.4, 0.5) is 5.69 Å². The Hall–Kier alpha value is -2.28. The smallest absolute Gasteiger partial charge is 0.269 e. The molecule has 1 heterocycles. The van der Waals surface area contributed by atoms with Crippen molar-refractivity contribution >= 4 is 17.4 Å². The molecule has 1 aromatic rings. The number of nitrogens with one attached hydrogen (secondary N) is 1. The molecule has 1 fully saturated rings. The number of hydrogen-bond acceptors (Lipinski definition) is 5. The summed E-state index contributed by atoms with van der Waals surface area (Å²) < 4.78 is 0. The molecule has 0 radical (unpaired) electrons. The molecule has 0 spiro atoms. The first-order valence-corrected chi connectivity index (χ1v) is 6.33. The summed E-state index contributed by atoms with van der Waals surface area (Å²) in [6.45, 7) is 1.92. The van der Waals surface area contributed by atoms with E-state index in [9.17, 15) is 19.7 Å². The van der Waals surface area contributed by atoms with E-state index in [1.54, 1.807) is 0 Å². The average molecular weight is 277 g/mol. The van der Waals surface area contributed by atoms with Crippen molar-refractivity contribution in [2.75, 3.05) is 26.2 Å². The lowest BCUT2D eigenvalue weighted by atomic mass is 10.1. The van der Waals surface area contributed by atoms with Gasteiger partial charge in [0.15, 0.2) is 5.78 Å². The highest BCUT2D eigenvalue weighted by molar-refractivity contribution is 5.97. The molecule has 1 amide bonds. The van der Waals surface area contributed by atoms with Crippen LogP contribution in [0, 0.1) is 10.1 Å². The summed E-state index contributed by atoms with van der Waals surface area (Å²) in [5.41, 5.74) is 0.408. The number of amides is 1. The fraction of sp³-hybridized carbons (Fsp3) is 0.385. The quantitative estimate of drug-likeness (QED) is 0.494. The fourth-order valence-electron chi connectivity index (χ4n) is 2.03. The van der Waals surface area contributed by atoms with Crippen LogP contribution in [-0.2, 0) is 4.79 Å². The number of ketones is 1. The predicted octanol–water partition coefficient (Wildman–Crippen LogP) is 0.599. The molecule has 0 saturated carbocycles. The normalized spacial score (nSPS) is 16.3. The number of benzene rings is 1. The van der Waals surface area contributed by atoms with Crippen molar-refractivity contribution in [2.45, 2.75) is 6.42 Å². The summed E-state index contributed by atoms with van der Waals surface area (Å²) in [6, 6.07) is 5.56. The highest BCUT2D eigenvalue weighted by atomic mass is 16.6. The van der Waals surface area contributed by atoms with Gasteiger partial charge in [-0.3, -0.25) is 24.6 Å². The molecule has 1 saturated heterocycles. The van der Waals surface area contributed by atoms with E-state index in [4.69, 9.17) is 0 Å². The van der Waals surface area contributed by atoms with Gasteiger partial charge in [0, 0.05) is 43.8 Å². The van der Waals surface area contributed by atoms with Gasteiger partial charge in [0.2, 0.25) is 5.91 Å². The number of non-ortho nitro benzene ring substituents is 1. The van der Waals surface area contributed by atoms with Crippen LogP contribution in [0.2, 0.25) is 0 Å². The first kappa shape index (κ1) is 14.1. The third kappa shape index (κ3) is 3.61. The highest BCUT2D eigenvalue weighted by Crippen LogP contribution is 2.12. The van der Waals surface area contributed by atoms with Gasteiger partial charge in [0.1, 0.15) is 0 Å². The molecule has 1 aromatic carbocycles. The number of carbonyl (C=O) groups excluding carboxylic acids is 2. The summed E-state index contributed by atoms with van der Waals surface area (Å²) in [4.78, 5) is 35.2. The number of nitro groups is 1. The molecule has 0 atom stereocenters. The molecule has 0 bridgehead atoms. The van der Waals surface area contributed by atoms with Crippen LogP contribution in [0.3, 0.4) is 0 Å². The molecule has 0 aliphatic carbocycles. The second-order valence-electron chi connectivity index (χ2n) is 4.60. The van der Waals surface area contributed by atoms with E-state index in [1.807, 2.05) is 4.90 Å². The zero-order chi connectivity index (χ0) is 14.5. The van der Waals surface area contributed by atoms with E-state index in [1.165, 1.54) is 24.3 Å². The molecular weight excluding hydrogens is 262 g/mol. The summed E-state index contributed by atoms with van der Waals surface area (Å²) in [5.74, 6) is -0.107. The Morgan fingerprint density at radius 1 is 1.30 bits per heavy atom. The Morgan fingerprint density at radius 2 is 2.00 bits per heavy atom. The molecule has 1 aliphatic rings. The molecule has 1 N–H and O–H groups in total.